The van der Waals surface area contributed by atoms with E-state index in [4.69, 9.17) is 16.9 Å². The molecule has 0 heterocycles. The Labute approximate surface area is 158 Å². The minimum atomic E-state index is -3.45. The molecule has 25 heavy (non-hydrogen) atoms. The quantitative estimate of drug-likeness (QED) is 0.452. The van der Waals surface area contributed by atoms with Crippen molar-refractivity contribution < 1.29 is 8.42 Å². The van der Waals surface area contributed by atoms with Crippen LogP contribution in [0.15, 0.2) is 52.3 Å². The smallest absolute Gasteiger partial charge is 0.182 e. The van der Waals surface area contributed by atoms with E-state index in [2.05, 4.69) is 13.0 Å². The van der Waals surface area contributed by atoms with Gasteiger partial charge in [-0.05, 0) is 47.9 Å². The second-order valence-electron chi connectivity index (χ2n) is 5.66. The molecule has 0 saturated heterocycles. The molecule has 0 amide bonds. The van der Waals surface area contributed by atoms with Gasteiger partial charge in [0, 0.05) is 22.1 Å². The van der Waals surface area contributed by atoms with Crippen molar-refractivity contribution in [3.8, 4) is 6.07 Å². The lowest BCUT2D eigenvalue weighted by molar-refractivity contribution is 0.595. The van der Waals surface area contributed by atoms with Crippen molar-refractivity contribution in [2.75, 3.05) is 5.75 Å². The second-order valence-corrected chi connectivity index (χ2v) is 9.22. The highest BCUT2D eigenvalue weighted by molar-refractivity contribution is 7.99. The van der Waals surface area contributed by atoms with Gasteiger partial charge in [0.1, 0.15) is 0 Å². The zero-order chi connectivity index (χ0) is 18.3. The lowest BCUT2D eigenvalue weighted by Crippen LogP contribution is -2.06. The van der Waals surface area contributed by atoms with Gasteiger partial charge < -0.3 is 0 Å². The monoisotopic (exact) mass is 393 g/mol. The number of nitrogens with zero attached hydrogens (tertiary/aromatic N) is 1. The Morgan fingerprint density at radius 1 is 1.16 bits per heavy atom. The zero-order valence-electron chi connectivity index (χ0n) is 14.0. The third-order valence-electron chi connectivity index (χ3n) is 3.66. The second kappa shape index (κ2) is 9.28. The van der Waals surface area contributed by atoms with Crippen molar-refractivity contribution in [3.63, 3.8) is 0 Å². The van der Waals surface area contributed by atoms with Gasteiger partial charge in [0.15, 0.2) is 9.84 Å². The summed E-state index contributed by atoms with van der Waals surface area (Å²) < 4.78 is 25.5. The van der Waals surface area contributed by atoms with Crippen molar-refractivity contribution in [3.05, 3.63) is 58.6 Å². The number of sulfone groups is 1. The van der Waals surface area contributed by atoms with Crippen molar-refractivity contribution in [1.82, 2.24) is 0 Å². The maximum absolute atomic E-state index is 12.8. The molecule has 0 atom stereocenters. The van der Waals surface area contributed by atoms with Crippen molar-refractivity contribution in [2.24, 2.45) is 0 Å². The van der Waals surface area contributed by atoms with E-state index in [-0.39, 0.29) is 5.75 Å². The molecule has 2 rings (SSSR count). The highest BCUT2D eigenvalue weighted by Crippen LogP contribution is 2.29. The van der Waals surface area contributed by atoms with Crippen molar-refractivity contribution in [1.29, 1.82) is 5.26 Å². The third-order valence-corrected chi connectivity index (χ3v) is 6.69. The molecule has 0 spiro atoms. The maximum Gasteiger partial charge on any atom is 0.182 e. The van der Waals surface area contributed by atoms with Crippen LogP contribution in [0.1, 0.15) is 30.9 Å². The zero-order valence-corrected chi connectivity index (χ0v) is 16.4. The van der Waals surface area contributed by atoms with Crippen molar-refractivity contribution in [2.45, 2.75) is 41.7 Å². The minimum Gasteiger partial charge on any atom is -0.223 e. The Hall–Kier alpha value is -1.48. The number of halogens is 1. The van der Waals surface area contributed by atoms with E-state index in [1.807, 2.05) is 18.2 Å². The first kappa shape index (κ1) is 19.8. The maximum atomic E-state index is 12.8. The molecule has 0 aromatic heterocycles. The molecule has 132 valence electrons. The summed E-state index contributed by atoms with van der Waals surface area (Å²) in [7, 11) is -3.45. The van der Waals surface area contributed by atoms with E-state index in [0.717, 1.165) is 23.3 Å². The summed E-state index contributed by atoms with van der Waals surface area (Å²) in [6, 6.07) is 14.4. The molecule has 6 heteroatoms. The Morgan fingerprint density at radius 2 is 1.88 bits per heavy atom. The van der Waals surface area contributed by atoms with Gasteiger partial charge in [-0.15, -0.1) is 11.8 Å². The highest BCUT2D eigenvalue weighted by Gasteiger charge is 2.18. The van der Waals surface area contributed by atoms with E-state index in [1.165, 1.54) is 11.8 Å². The van der Waals surface area contributed by atoms with Crippen LogP contribution in [-0.2, 0) is 22.0 Å². The van der Waals surface area contributed by atoms with Crippen molar-refractivity contribution >= 4 is 33.2 Å². The van der Waals surface area contributed by atoms with Crippen LogP contribution in [0.3, 0.4) is 0 Å². The molecule has 0 aliphatic heterocycles. The highest BCUT2D eigenvalue weighted by atomic mass is 35.5. The summed E-state index contributed by atoms with van der Waals surface area (Å²) in [4.78, 5) is 1.17. The molecule has 0 fully saturated rings. The summed E-state index contributed by atoms with van der Waals surface area (Å²) in [5.74, 6) is 0.520. The summed E-state index contributed by atoms with van der Waals surface area (Å²) in [6.07, 6.45) is 2.38. The molecule has 0 bridgehead atoms. The fourth-order valence-corrected chi connectivity index (χ4v) is 4.99. The van der Waals surface area contributed by atoms with Crippen LogP contribution in [0.5, 0.6) is 0 Å². The van der Waals surface area contributed by atoms with Crippen LogP contribution in [0, 0.1) is 11.3 Å². The predicted octanol–water partition coefficient (Wildman–Crippen LogP) is 5.27. The molecule has 0 aliphatic rings. The van der Waals surface area contributed by atoms with E-state index in [1.54, 1.807) is 24.3 Å². The van der Waals surface area contributed by atoms with Gasteiger partial charge in [-0.25, -0.2) is 8.42 Å². The first-order valence-electron chi connectivity index (χ1n) is 8.06. The van der Waals surface area contributed by atoms with Gasteiger partial charge in [0.2, 0.25) is 0 Å². The van der Waals surface area contributed by atoms with Crippen LogP contribution < -0.4 is 0 Å². The van der Waals surface area contributed by atoms with E-state index < -0.39 is 9.84 Å². The Morgan fingerprint density at radius 3 is 2.52 bits per heavy atom. The molecule has 0 aliphatic carbocycles. The SMILES string of the molecule is CCCc1ccc(S(=O)(=O)Cc2cc(Cl)ccc2SCCC#N)cc1. The summed E-state index contributed by atoms with van der Waals surface area (Å²) >= 11 is 7.53. The third kappa shape index (κ3) is 5.78. The normalized spacial score (nSPS) is 11.2. The molecular weight excluding hydrogens is 374 g/mol. The van der Waals surface area contributed by atoms with Crippen LogP contribution in [0.2, 0.25) is 5.02 Å². The number of hydrogen-bond acceptors (Lipinski definition) is 4. The van der Waals surface area contributed by atoms with Crippen LogP contribution >= 0.6 is 23.4 Å². The summed E-state index contributed by atoms with van der Waals surface area (Å²) in [5.41, 5.74) is 1.81. The summed E-state index contributed by atoms with van der Waals surface area (Å²) in [6.45, 7) is 2.09. The molecule has 2 aromatic carbocycles. The fourth-order valence-electron chi connectivity index (χ4n) is 2.45. The average molecular weight is 394 g/mol. The lowest BCUT2D eigenvalue weighted by atomic mass is 10.1. The first-order valence-corrected chi connectivity index (χ1v) is 11.1. The van der Waals surface area contributed by atoms with Gasteiger partial charge >= 0.3 is 0 Å². The molecule has 3 nitrogen and oxygen atoms in total. The van der Waals surface area contributed by atoms with E-state index in [0.29, 0.717) is 27.7 Å². The van der Waals surface area contributed by atoms with Crippen LogP contribution in [0.25, 0.3) is 0 Å². The summed E-state index contributed by atoms with van der Waals surface area (Å²) in [5, 5.41) is 9.18. The predicted molar refractivity (Wildman–Crippen MR) is 104 cm³/mol. The number of aryl methyl sites for hydroxylation is 1. The van der Waals surface area contributed by atoms with Gasteiger partial charge in [-0.3, -0.25) is 0 Å². The Bertz CT molecular complexity index is 856. The van der Waals surface area contributed by atoms with Crippen LogP contribution in [-0.4, -0.2) is 14.2 Å². The average Bonchev–Trinajstić information content (AvgIpc) is 2.57. The molecule has 2 aromatic rings. The Kier molecular flexibility index (Phi) is 7.37. The number of hydrogen-bond donors (Lipinski definition) is 0. The fraction of sp³-hybridized carbons (Fsp3) is 0.316. The molecule has 0 unspecified atom stereocenters. The van der Waals surface area contributed by atoms with Gasteiger partial charge in [0.05, 0.1) is 16.7 Å². The number of benzene rings is 2. The van der Waals surface area contributed by atoms with E-state index >= 15 is 0 Å². The molecular formula is C19H20ClNO2S2. The minimum absolute atomic E-state index is 0.102. The first-order chi connectivity index (χ1) is 12.0. The van der Waals surface area contributed by atoms with Gasteiger partial charge in [-0.2, -0.15) is 5.26 Å². The molecule has 0 N–H and O–H groups in total. The van der Waals surface area contributed by atoms with Gasteiger partial charge in [-0.1, -0.05) is 37.1 Å². The van der Waals surface area contributed by atoms with E-state index in [9.17, 15) is 8.42 Å². The number of nitriles is 1. The number of thioether (sulfide) groups is 1. The lowest BCUT2D eigenvalue weighted by Gasteiger charge is -2.11. The standard InChI is InChI=1S/C19H20ClNO2S2/c1-2-4-15-5-8-18(9-6-15)25(22,23)14-16-13-17(20)7-10-19(16)24-12-3-11-21/h5-10,13H,2-4,12,14H2,1H3. The van der Waals surface area contributed by atoms with Crippen LogP contribution in [0.4, 0.5) is 0 Å². The topological polar surface area (TPSA) is 57.9 Å². The number of rotatable bonds is 8. The molecule has 0 saturated carbocycles. The molecule has 0 radical (unpaired) electrons. The van der Waals surface area contributed by atoms with Gasteiger partial charge in [0.25, 0.3) is 0 Å². The largest absolute Gasteiger partial charge is 0.223 e. The Balaban J connectivity index is 2.24.